The highest BCUT2D eigenvalue weighted by atomic mass is 32.2. The second-order valence-corrected chi connectivity index (χ2v) is 7.44. The van der Waals surface area contributed by atoms with Crippen LogP contribution in [0.4, 0.5) is 0 Å². The fraction of sp³-hybridized carbons (Fsp3) is 0.917. The van der Waals surface area contributed by atoms with Crippen molar-refractivity contribution in [3.05, 3.63) is 0 Å². The lowest BCUT2D eigenvalue weighted by molar-refractivity contribution is 0.410. The largest absolute Gasteiger partial charge is 0.353 e. The molecule has 2 fully saturated rings. The number of aliphatic imine (C=N–C) groups is 1. The first-order valence-corrected chi connectivity index (χ1v) is 9.06. The van der Waals surface area contributed by atoms with Gasteiger partial charge in [0.15, 0.2) is 0 Å². The summed E-state index contributed by atoms with van der Waals surface area (Å²) in [6, 6.07) is 0.557. The van der Waals surface area contributed by atoms with Crippen LogP contribution in [0.2, 0.25) is 0 Å². The number of nitrogens with one attached hydrogen (secondary N) is 2. The van der Waals surface area contributed by atoms with Crippen molar-refractivity contribution >= 4 is 29.5 Å². The van der Waals surface area contributed by atoms with E-state index in [-0.39, 0.29) is 0 Å². The molecule has 1 aliphatic heterocycles. The van der Waals surface area contributed by atoms with E-state index in [1.807, 2.05) is 23.5 Å². The summed E-state index contributed by atoms with van der Waals surface area (Å²) >= 11 is 4.07. The molecule has 4 nitrogen and oxygen atoms in total. The summed E-state index contributed by atoms with van der Waals surface area (Å²) in [4.78, 5) is 4.60. The molecule has 1 atom stereocenters. The zero-order valence-corrected chi connectivity index (χ0v) is 12.5. The number of nitrogens with two attached hydrogens (primary N) is 1. The summed E-state index contributed by atoms with van der Waals surface area (Å²) in [6.45, 7) is 0.872. The van der Waals surface area contributed by atoms with Gasteiger partial charge in [0.25, 0.3) is 0 Å². The minimum Gasteiger partial charge on any atom is -0.353 e. The molecule has 104 valence electrons. The van der Waals surface area contributed by atoms with E-state index < -0.39 is 0 Å². The van der Waals surface area contributed by atoms with Gasteiger partial charge >= 0.3 is 0 Å². The molecule has 1 saturated carbocycles. The molecule has 0 aromatic rings. The molecular weight excluding hydrogens is 264 g/mol. The molecule has 0 bridgehead atoms. The molecular formula is C12H24N4S2. The van der Waals surface area contributed by atoms with Gasteiger partial charge in [0.1, 0.15) is 0 Å². The monoisotopic (exact) mass is 288 g/mol. The summed E-state index contributed by atoms with van der Waals surface area (Å²) in [5, 5.41) is 4.10. The van der Waals surface area contributed by atoms with Crippen molar-refractivity contribution in [2.45, 2.75) is 43.4 Å². The SMILES string of the molecule is NNC(=NCC1CSCCS1)NC1CCCCC1. The summed E-state index contributed by atoms with van der Waals surface area (Å²) in [6.07, 6.45) is 6.51. The second-order valence-electron chi connectivity index (χ2n) is 4.88. The standard InChI is InChI=1S/C12H24N4S2/c13-16-12(15-10-4-2-1-3-5-10)14-8-11-9-17-6-7-18-11/h10-11H,1-9,13H2,(H2,14,15,16). The number of guanidine groups is 1. The van der Waals surface area contributed by atoms with Gasteiger partial charge < -0.3 is 5.32 Å². The van der Waals surface area contributed by atoms with Gasteiger partial charge in [0, 0.05) is 28.6 Å². The summed E-state index contributed by atoms with van der Waals surface area (Å²) in [7, 11) is 0. The predicted octanol–water partition coefficient (Wildman–Crippen LogP) is 1.58. The second kappa shape index (κ2) is 8.17. The van der Waals surface area contributed by atoms with E-state index in [9.17, 15) is 0 Å². The molecule has 4 N–H and O–H groups in total. The van der Waals surface area contributed by atoms with Crippen LogP contribution in [0.25, 0.3) is 0 Å². The zero-order valence-electron chi connectivity index (χ0n) is 10.9. The van der Waals surface area contributed by atoms with E-state index in [1.54, 1.807) is 0 Å². The number of thioether (sulfide) groups is 2. The Morgan fingerprint density at radius 1 is 1.22 bits per heavy atom. The molecule has 1 unspecified atom stereocenters. The topological polar surface area (TPSA) is 62.4 Å². The summed E-state index contributed by atoms with van der Waals surface area (Å²) in [5.74, 6) is 10.1. The highest BCUT2D eigenvalue weighted by Gasteiger charge is 2.16. The van der Waals surface area contributed by atoms with Gasteiger partial charge in [-0.2, -0.15) is 23.5 Å². The number of hydrazine groups is 1. The van der Waals surface area contributed by atoms with Crippen molar-refractivity contribution < 1.29 is 0 Å². The van der Waals surface area contributed by atoms with E-state index >= 15 is 0 Å². The molecule has 0 amide bonds. The van der Waals surface area contributed by atoms with E-state index in [4.69, 9.17) is 5.84 Å². The number of hydrogen-bond donors (Lipinski definition) is 3. The first-order valence-electron chi connectivity index (χ1n) is 6.85. The van der Waals surface area contributed by atoms with Gasteiger partial charge in [-0.1, -0.05) is 19.3 Å². The van der Waals surface area contributed by atoms with Gasteiger partial charge in [-0.25, -0.2) is 5.84 Å². The molecule has 6 heteroatoms. The molecule has 2 rings (SSSR count). The molecule has 0 aromatic carbocycles. The van der Waals surface area contributed by atoms with Crippen LogP contribution < -0.4 is 16.6 Å². The summed E-state index contributed by atoms with van der Waals surface area (Å²) < 4.78 is 0. The number of hydrogen-bond acceptors (Lipinski definition) is 4. The van der Waals surface area contributed by atoms with Gasteiger partial charge in [0.2, 0.25) is 5.96 Å². The van der Waals surface area contributed by atoms with Gasteiger partial charge in [-0.05, 0) is 12.8 Å². The fourth-order valence-electron chi connectivity index (χ4n) is 2.41. The van der Waals surface area contributed by atoms with Crippen LogP contribution in [-0.4, -0.2) is 41.1 Å². The molecule has 0 aromatic heterocycles. The van der Waals surface area contributed by atoms with E-state index in [1.165, 1.54) is 49.4 Å². The van der Waals surface area contributed by atoms with Gasteiger partial charge in [0.05, 0.1) is 6.54 Å². The predicted molar refractivity (Wildman–Crippen MR) is 83.2 cm³/mol. The third-order valence-corrected chi connectivity index (χ3v) is 6.25. The molecule has 2 aliphatic rings. The van der Waals surface area contributed by atoms with Crippen LogP contribution in [0.15, 0.2) is 4.99 Å². The number of nitrogens with zero attached hydrogens (tertiary/aromatic N) is 1. The lowest BCUT2D eigenvalue weighted by Gasteiger charge is -2.25. The van der Waals surface area contributed by atoms with Crippen molar-refractivity contribution in [2.75, 3.05) is 23.8 Å². The lowest BCUT2D eigenvalue weighted by Crippen LogP contribution is -2.47. The van der Waals surface area contributed by atoms with Crippen LogP contribution in [0.5, 0.6) is 0 Å². The van der Waals surface area contributed by atoms with E-state index in [0.29, 0.717) is 11.3 Å². The van der Waals surface area contributed by atoms with Crippen molar-refractivity contribution in [1.82, 2.24) is 10.7 Å². The van der Waals surface area contributed by atoms with Gasteiger partial charge in [-0.15, -0.1) is 0 Å². The quantitative estimate of drug-likeness (QED) is 0.318. The van der Waals surface area contributed by atoms with Crippen LogP contribution in [-0.2, 0) is 0 Å². The Morgan fingerprint density at radius 3 is 2.72 bits per heavy atom. The van der Waals surface area contributed by atoms with E-state index in [0.717, 1.165) is 12.5 Å². The van der Waals surface area contributed by atoms with Crippen molar-refractivity contribution in [3.63, 3.8) is 0 Å². The Labute approximate surface area is 118 Å². The molecule has 1 heterocycles. The summed E-state index contributed by atoms with van der Waals surface area (Å²) in [5.41, 5.74) is 2.71. The average molecular weight is 288 g/mol. The minimum absolute atomic E-state index is 0.557. The lowest BCUT2D eigenvalue weighted by atomic mass is 9.96. The van der Waals surface area contributed by atoms with Crippen LogP contribution in [0.3, 0.4) is 0 Å². The Hall–Kier alpha value is -0.0700. The maximum atomic E-state index is 5.55. The Bertz CT molecular complexity index is 261. The zero-order chi connectivity index (χ0) is 12.6. The van der Waals surface area contributed by atoms with E-state index in [2.05, 4.69) is 15.7 Å². The fourth-order valence-corrected chi connectivity index (χ4v) is 4.99. The molecule has 1 aliphatic carbocycles. The highest BCUT2D eigenvalue weighted by molar-refractivity contribution is 8.06. The average Bonchev–Trinajstić information content (AvgIpc) is 2.45. The third kappa shape index (κ3) is 4.90. The van der Waals surface area contributed by atoms with Crippen LogP contribution in [0, 0.1) is 0 Å². The Balaban J connectivity index is 1.75. The third-order valence-electron chi connectivity index (χ3n) is 3.42. The molecule has 18 heavy (non-hydrogen) atoms. The minimum atomic E-state index is 0.557. The first kappa shape index (κ1) is 14.3. The van der Waals surface area contributed by atoms with Crippen molar-refractivity contribution in [1.29, 1.82) is 0 Å². The molecule has 0 spiro atoms. The molecule has 1 saturated heterocycles. The smallest absolute Gasteiger partial charge is 0.205 e. The normalized spacial score (nSPS) is 26.9. The Morgan fingerprint density at radius 2 is 2.06 bits per heavy atom. The van der Waals surface area contributed by atoms with Crippen molar-refractivity contribution in [3.8, 4) is 0 Å². The van der Waals surface area contributed by atoms with Crippen LogP contribution in [0.1, 0.15) is 32.1 Å². The first-order chi connectivity index (χ1) is 8.88. The van der Waals surface area contributed by atoms with Crippen LogP contribution >= 0.6 is 23.5 Å². The number of rotatable bonds is 3. The maximum absolute atomic E-state index is 5.55. The van der Waals surface area contributed by atoms with Gasteiger partial charge in [-0.3, -0.25) is 10.4 Å². The molecule has 0 radical (unpaired) electrons. The maximum Gasteiger partial charge on any atom is 0.205 e. The highest BCUT2D eigenvalue weighted by Crippen LogP contribution is 2.24. The Kier molecular flexibility index (Phi) is 6.51. The van der Waals surface area contributed by atoms with Crippen molar-refractivity contribution in [2.24, 2.45) is 10.8 Å².